The molecule has 0 saturated heterocycles. The van der Waals surface area contributed by atoms with Crippen LogP contribution in [0.2, 0.25) is 0 Å². The molecule has 0 amide bonds. The average molecular weight is 257 g/mol. The van der Waals surface area contributed by atoms with Crippen molar-refractivity contribution in [3.63, 3.8) is 0 Å². The number of fused-ring (bicyclic) bond motifs is 1. The summed E-state index contributed by atoms with van der Waals surface area (Å²) in [5.41, 5.74) is 0.980. The topological polar surface area (TPSA) is 50.9 Å². The van der Waals surface area contributed by atoms with Gasteiger partial charge in [0.05, 0.1) is 0 Å². The zero-order valence-corrected chi connectivity index (χ0v) is 11.0. The standard InChI is InChI=1S/C15H19N3O/c19-13-7-4-3-6-12(13)9-10-15-17-16-14-8-2-1-5-11-18(14)15/h3-4,6-7,19H,1-2,5,8-11H2. The SMILES string of the molecule is Oc1ccccc1CCc1nnc2n1CCCCC2. The third kappa shape index (κ3) is 2.62. The summed E-state index contributed by atoms with van der Waals surface area (Å²) < 4.78 is 2.27. The molecule has 1 aliphatic heterocycles. The van der Waals surface area contributed by atoms with Gasteiger partial charge in [0.1, 0.15) is 17.4 Å². The van der Waals surface area contributed by atoms with Gasteiger partial charge in [-0.25, -0.2) is 0 Å². The number of para-hydroxylation sites is 1. The van der Waals surface area contributed by atoms with E-state index in [0.29, 0.717) is 5.75 Å². The predicted octanol–water partition coefficient (Wildman–Crippen LogP) is 2.50. The highest BCUT2D eigenvalue weighted by Gasteiger charge is 2.14. The Balaban J connectivity index is 1.74. The minimum Gasteiger partial charge on any atom is -0.508 e. The van der Waals surface area contributed by atoms with Crippen molar-refractivity contribution in [3.05, 3.63) is 41.5 Å². The Bertz CT molecular complexity index is 562. The van der Waals surface area contributed by atoms with Crippen LogP contribution >= 0.6 is 0 Å². The van der Waals surface area contributed by atoms with Crippen LogP contribution in [0, 0.1) is 0 Å². The van der Waals surface area contributed by atoms with Gasteiger partial charge >= 0.3 is 0 Å². The van der Waals surface area contributed by atoms with E-state index in [4.69, 9.17) is 0 Å². The second kappa shape index (κ2) is 5.43. The molecule has 0 unspecified atom stereocenters. The molecule has 1 N–H and O–H groups in total. The number of phenols is 1. The van der Waals surface area contributed by atoms with E-state index in [1.54, 1.807) is 6.07 Å². The van der Waals surface area contributed by atoms with Crippen LogP contribution in [0.15, 0.2) is 24.3 Å². The normalized spacial score (nSPS) is 14.9. The lowest BCUT2D eigenvalue weighted by Crippen LogP contribution is -2.07. The van der Waals surface area contributed by atoms with E-state index in [1.165, 1.54) is 19.3 Å². The fourth-order valence-corrected chi connectivity index (χ4v) is 2.70. The van der Waals surface area contributed by atoms with Crippen molar-refractivity contribution in [2.45, 2.75) is 45.1 Å². The molecule has 2 heterocycles. The molecule has 0 aliphatic carbocycles. The van der Waals surface area contributed by atoms with Gasteiger partial charge in [-0.05, 0) is 30.9 Å². The monoisotopic (exact) mass is 257 g/mol. The van der Waals surface area contributed by atoms with Crippen LogP contribution in [0.5, 0.6) is 5.75 Å². The van der Waals surface area contributed by atoms with Gasteiger partial charge in [0.15, 0.2) is 0 Å². The first-order valence-electron chi connectivity index (χ1n) is 7.02. The van der Waals surface area contributed by atoms with Gasteiger partial charge in [0, 0.05) is 19.4 Å². The van der Waals surface area contributed by atoms with Crippen LogP contribution in [-0.2, 0) is 25.8 Å². The number of aromatic hydroxyl groups is 1. The van der Waals surface area contributed by atoms with Gasteiger partial charge in [0.2, 0.25) is 0 Å². The number of phenolic OH excluding ortho intramolecular Hbond substituents is 1. The van der Waals surface area contributed by atoms with Crippen LogP contribution in [-0.4, -0.2) is 19.9 Å². The Labute approximate surface area is 113 Å². The molecule has 0 atom stereocenters. The Morgan fingerprint density at radius 1 is 1.05 bits per heavy atom. The van der Waals surface area contributed by atoms with Crippen molar-refractivity contribution in [1.29, 1.82) is 0 Å². The molecule has 0 radical (unpaired) electrons. The van der Waals surface area contributed by atoms with Gasteiger partial charge in [-0.1, -0.05) is 24.6 Å². The molecule has 1 aliphatic rings. The lowest BCUT2D eigenvalue weighted by Gasteiger charge is -2.07. The van der Waals surface area contributed by atoms with Gasteiger partial charge in [-0.2, -0.15) is 0 Å². The molecule has 0 spiro atoms. The molecule has 4 nitrogen and oxygen atoms in total. The maximum atomic E-state index is 9.78. The van der Waals surface area contributed by atoms with Crippen molar-refractivity contribution in [2.75, 3.05) is 0 Å². The fourth-order valence-electron chi connectivity index (χ4n) is 2.70. The Morgan fingerprint density at radius 2 is 1.95 bits per heavy atom. The summed E-state index contributed by atoms with van der Waals surface area (Å²) in [6.45, 7) is 1.04. The van der Waals surface area contributed by atoms with E-state index in [9.17, 15) is 5.11 Å². The number of rotatable bonds is 3. The Hall–Kier alpha value is -1.84. The maximum absolute atomic E-state index is 9.78. The molecule has 0 fully saturated rings. The van der Waals surface area contributed by atoms with Crippen LogP contribution in [0.25, 0.3) is 0 Å². The molecule has 0 bridgehead atoms. The van der Waals surface area contributed by atoms with Crippen LogP contribution in [0.4, 0.5) is 0 Å². The number of benzene rings is 1. The zero-order valence-electron chi connectivity index (χ0n) is 11.0. The Morgan fingerprint density at radius 3 is 2.84 bits per heavy atom. The molecule has 2 aromatic rings. The molecule has 3 rings (SSSR count). The third-order valence-corrected chi connectivity index (χ3v) is 3.80. The zero-order chi connectivity index (χ0) is 13.1. The number of hydrogen-bond donors (Lipinski definition) is 1. The lowest BCUT2D eigenvalue weighted by molar-refractivity contribution is 0.467. The van der Waals surface area contributed by atoms with Crippen molar-refractivity contribution >= 4 is 0 Å². The minimum absolute atomic E-state index is 0.373. The van der Waals surface area contributed by atoms with Gasteiger partial charge < -0.3 is 9.67 Å². The molecule has 4 heteroatoms. The van der Waals surface area contributed by atoms with Crippen molar-refractivity contribution < 1.29 is 5.11 Å². The largest absolute Gasteiger partial charge is 0.508 e. The highest BCUT2D eigenvalue weighted by molar-refractivity contribution is 5.32. The minimum atomic E-state index is 0.373. The van der Waals surface area contributed by atoms with E-state index in [1.807, 2.05) is 18.2 Å². The second-order valence-corrected chi connectivity index (χ2v) is 5.12. The molecular weight excluding hydrogens is 238 g/mol. The van der Waals surface area contributed by atoms with E-state index >= 15 is 0 Å². The second-order valence-electron chi connectivity index (χ2n) is 5.12. The summed E-state index contributed by atoms with van der Waals surface area (Å²) in [7, 11) is 0. The number of hydrogen-bond acceptors (Lipinski definition) is 3. The van der Waals surface area contributed by atoms with Gasteiger partial charge in [-0.3, -0.25) is 0 Å². The van der Waals surface area contributed by atoms with E-state index in [2.05, 4.69) is 14.8 Å². The van der Waals surface area contributed by atoms with Gasteiger partial charge in [0.25, 0.3) is 0 Å². The summed E-state index contributed by atoms with van der Waals surface area (Å²) in [4.78, 5) is 0. The summed E-state index contributed by atoms with van der Waals surface area (Å²) in [6.07, 6.45) is 6.41. The summed E-state index contributed by atoms with van der Waals surface area (Å²) in [5, 5.41) is 18.4. The summed E-state index contributed by atoms with van der Waals surface area (Å²) >= 11 is 0. The van der Waals surface area contributed by atoms with E-state index in [0.717, 1.165) is 43.0 Å². The first kappa shape index (κ1) is 12.2. The van der Waals surface area contributed by atoms with Crippen LogP contribution < -0.4 is 0 Å². The Kier molecular flexibility index (Phi) is 3.49. The highest BCUT2D eigenvalue weighted by atomic mass is 16.3. The van der Waals surface area contributed by atoms with Gasteiger partial charge in [-0.15, -0.1) is 10.2 Å². The molecule has 100 valence electrons. The smallest absolute Gasteiger partial charge is 0.133 e. The number of nitrogens with zero attached hydrogens (tertiary/aromatic N) is 3. The lowest BCUT2D eigenvalue weighted by atomic mass is 10.1. The van der Waals surface area contributed by atoms with E-state index in [-0.39, 0.29) is 0 Å². The summed E-state index contributed by atoms with van der Waals surface area (Å²) in [5.74, 6) is 2.56. The maximum Gasteiger partial charge on any atom is 0.133 e. The number of aryl methyl sites for hydroxylation is 3. The molecular formula is C15H19N3O. The third-order valence-electron chi connectivity index (χ3n) is 3.80. The number of aromatic nitrogens is 3. The van der Waals surface area contributed by atoms with Crippen LogP contribution in [0.3, 0.4) is 0 Å². The molecule has 1 aromatic carbocycles. The first-order valence-corrected chi connectivity index (χ1v) is 7.02. The fraction of sp³-hybridized carbons (Fsp3) is 0.467. The quantitative estimate of drug-likeness (QED) is 0.919. The van der Waals surface area contributed by atoms with E-state index < -0.39 is 0 Å². The van der Waals surface area contributed by atoms with Crippen molar-refractivity contribution in [2.24, 2.45) is 0 Å². The molecule has 19 heavy (non-hydrogen) atoms. The van der Waals surface area contributed by atoms with Crippen molar-refractivity contribution in [1.82, 2.24) is 14.8 Å². The summed E-state index contributed by atoms with van der Waals surface area (Å²) in [6, 6.07) is 7.51. The first-order chi connectivity index (χ1) is 9.34. The molecule has 1 aromatic heterocycles. The van der Waals surface area contributed by atoms with Crippen LogP contribution in [0.1, 0.15) is 36.5 Å². The average Bonchev–Trinajstić information content (AvgIpc) is 2.66. The highest BCUT2D eigenvalue weighted by Crippen LogP contribution is 2.19. The van der Waals surface area contributed by atoms with Crippen molar-refractivity contribution in [3.8, 4) is 5.75 Å². The predicted molar refractivity (Wildman–Crippen MR) is 73.1 cm³/mol. The molecule has 0 saturated carbocycles.